The molecule has 16 heavy (non-hydrogen) atoms. The third kappa shape index (κ3) is 2.82. The highest BCUT2D eigenvalue weighted by Gasteiger charge is 2.22. The SMILES string of the molecule is CC(C)(F)c1cnc(CC2CCCNC2)[nH]1. The van der Waals surface area contributed by atoms with Crippen LogP contribution in [0.25, 0.3) is 0 Å². The van der Waals surface area contributed by atoms with Crippen LogP contribution in [-0.2, 0) is 12.1 Å². The number of aromatic nitrogens is 2. The maximum absolute atomic E-state index is 13.6. The summed E-state index contributed by atoms with van der Waals surface area (Å²) in [4.78, 5) is 7.34. The van der Waals surface area contributed by atoms with Crippen LogP contribution in [0.2, 0.25) is 0 Å². The first-order chi connectivity index (χ1) is 7.55. The van der Waals surface area contributed by atoms with Gasteiger partial charge in [0.1, 0.15) is 11.5 Å². The van der Waals surface area contributed by atoms with E-state index in [9.17, 15) is 4.39 Å². The zero-order valence-electron chi connectivity index (χ0n) is 10.0. The molecule has 0 aliphatic carbocycles. The van der Waals surface area contributed by atoms with Gasteiger partial charge in [0.15, 0.2) is 0 Å². The Balaban J connectivity index is 1.97. The first-order valence-corrected chi connectivity index (χ1v) is 5.99. The van der Waals surface area contributed by atoms with Gasteiger partial charge < -0.3 is 10.3 Å². The number of hydrogen-bond acceptors (Lipinski definition) is 2. The summed E-state index contributed by atoms with van der Waals surface area (Å²) in [6, 6.07) is 0. The second-order valence-corrected chi connectivity index (χ2v) is 5.13. The maximum atomic E-state index is 13.6. The molecule has 0 aromatic carbocycles. The van der Waals surface area contributed by atoms with Crippen LogP contribution in [0.3, 0.4) is 0 Å². The molecule has 4 heteroatoms. The molecular formula is C12H20FN3. The van der Waals surface area contributed by atoms with E-state index in [-0.39, 0.29) is 0 Å². The van der Waals surface area contributed by atoms with Crippen LogP contribution in [0.4, 0.5) is 4.39 Å². The second-order valence-electron chi connectivity index (χ2n) is 5.13. The summed E-state index contributed by atoms with van der Waals surface area (Å²) in [6.45, 7) is 5.27. The summed E-state index contributed by atoms with van der Waals surface area (Å²) < 4.78 is 13.6. The van der Waals surface area contributed by atoms with E-state index in [0.29, 0.717) is 11.6 Å². The quantitative estimate of drug-likeness (QED) is 0.827. The molecular weight excluding hydrogens is 205 g/mol. The minimum Gasteiger partial charge on any atom is -0.343 e. The summed E-state index contributed by atoms with van der Waals surface area (Å²) in [5.74, 6) is 1.55. The molecule has 1 aliphatic rings. The van der Waals surface area contributed by atoms with Gasteiger partial charge in [0.2, 0.25) is 0 Å². The number of halogens is 1. The van der Waals surface area contributed by atoms with E-state index in [2.05, 4.69) is 15.3 Å². The van der Waals surface area contributed by atoms with Gasteiger partial charge in [0.05, 0.1) is 11.9 Å². The number of nitrogens with one attached hydrogen (secondary N) is 2. The lowest BCUT2D eigenvalue weighted by Gasteiger charge is -2.21. The molecule has 3 nitrogen and oxygen atoms in total. The maximum Gasteiger partial charge on any atom is 0.146 e. The number of imidazole rings is 1. The largest absolute Gasteiger partial charge is 0.343 e. The second kappa shape index (κ2) is 4.53. The van der Waals surface area contributed by atoms with E-state index in [1.54, 1.807) is 20.0 Å². The van der Waals surface area contributed by atoms with Crippen molar-refractivity contribution < 1.29 is 4.39 Å². The van der Waals surface area contributed by atoms with Gasteiger partial charge in [-0.25, -0.2) is 9.37 Å². The van der Waals surface area contributed by atoms with Crippen molar-refractivity contribution in [1.82, 2.24) is 15.3 Å². The summed E-state index contributed by atoms with van der Waals surface area (Å²) >= 11 is 0. The summed E-state index contributed by atoms with van der Waals surface area (Å²) in [5, 5.41) is 3.38. The van der Waals surface area contributed by atoms with Gasteiger partial charge in [-0.2, -0.15) is 0 Å². The Morgan fingerprint density at radius 1 is 1.56 bits per heavy atom. The van der Waals surface area contributed by atoms with Gasteiger partial charge >= 0.3 is 0 Å². The Morgan fingerprint density at radius 3 is 2.94 bits per heavy atom. The summed E-state index contributed by atoms with van der Waals surface area (Å²) in [7, 11) is 0. The van der Waals surface area contributed by atoms with Crippen molar-refractivity contribution in [2.24, 2.45) is 5.92 Å². The first-order valence-electron chi connectivity index (χ1n) is 5.99. The normalized spacial score (nSPS) is 22.3. The van der Waals surface area contributed by atoms with E-state index in [4.69, 9.17) is 0 Å². The van der Waals surface area contributed by atoms with E-state index in [1.807, 2.05) is 0 Å². The third-order valence-corrected chi connectivity index (χ3v) is 3.15. The molecule has 0 saturated carbocycles. The predicted molar refractivity (Wildman–Crippen MR) is 62.0 cm³/mol. The fraction of sp³-hybridized carbons (Fsp3) is 0.750. The van der Waals surface area contributed by atoms with Crippen LogP contribution < -0.4 is 5.32 Å². The Hall–Kier alpha value is -0.900. The Labute approximate surface area is 95.9 Å². The standard InChI is InChI=1S/C12H20FN3/c1-12(2,13)10-8-15-11(16-10)6-9-4-3-5-14-7-9/h8-9,14H,3-7H2,1-2H3,(H,15,16). The van der Waals surface area contributed by atoms with Crippen LogP contribution in [0.15, 0.2) is 6.20 Å². The van der Waals surface area contributed by atoms with Crippen molar-refractivity contribution in [3.8, 4) is 0 Å². The molecule has 1 aliphatic heterocycles. The highest BCUT2D eigenvalue weighted by molar-refractivity contribution is 5.09. The average Bonchev–Trinajstić information content (AvgIpc) is 2.67. The minimum absolute atomic E-state index is 0.575. The van der Waals surface area contributed by atoms with E-state index < -0.39 is 5.67 Å². The molecule has 1 unspecified atom stereocenters. The smallest absolute Gasteiger partial charge is 0.146 e. The molecule has 0 amide bonds. The number of H-pyrrole nitrogens is 1. The van der Waals surface area contributed by atoms with Gasteiger partial charge in [-0.05, 0) is 45.7 Å². The molecule has 2 N–H and O–H groups in total. The molecule has 90 valence electrons. The lowest BCUT2D eigenvalue weighted by Crippen LogP contribution is -2.31. The van der Waals surface area contributed by atoms with Gasteiger partial charge in [-0.1, -0.05) is 0 Å². The van der Waals surface area contributed by atoms with Gasteiger partial charge in [-0.3, -0.25) is 0 Å². The third-order valence-electron chi connectivity index (χ3n) is 3.15. The zero-order valence-corrected chi connectivity index (χ0v) is 10.0. The van der Waals surface area contributed by atoms with Crippen molar-refractivity contribution in [2.75, 3.05) is 13.1 Å². The highest BCUT2D eigenvalue weighted by atomic mass is 19.1. The molecule has 0 bridgehead atoms. The minimum atomic E-state index is -1.32. The number of piperidine rings is 1. The first kappa shape index (κ1) is 11.6. The van der Waals surface area contributed by atoms with Crippen molar-refractivity contribution in [3.63, 3.8) is 0 Å². The number of nitrogens with zero attached hydrogens (tertiary/aromatic N) is 1. The molecule has 0 spiro atoms. The Kier molecular flexibility index (Phi) is 3.28. The predicted octanol–water partition coefficient (Wildman–Crippen LogP) is 2.16. The molecule has 1 aromatic rings. The number of hydrogen-bond donors (Lipinski definition) is 2. The monoisotopic (exact) mass is 225 g/mol. The van der Waals surface area contributed by atoms with Crippen molar-refractivity contribution in [3.05, 3.63) is 17.7 Å². The lowest BCUT2D eigenvalue weighted by atomic mass is 9.96. The van der Waals surface area contributed by atoms with Crippen LogP contribution in [0.5, 0.6) is 0 Å². The van der Waals surface area contributed by atoms with Crippen LogP contribution in [0, 0.1) is 5.92 Å². The lowest BCUT2D eigenvalue weighted by molar-refractivity contribution is 0.215. The summed E-state index contributed by atoms with van der Waals surface area (Å²) in [6.07, 6.45) is 5.00. The zero-order chi connectivity index (χ0) is 11.6. The topological polar surface area (TPSA) is 40.7 Å². The van der Waals surface area contributed by atoms with E-state index in [1.165, 1.54) is 12.8 Å². The molecule has 1 saturated heterocycles. The molecule has 2 heterocycles. The highest BCUT2D eigenvalue weighted by Crippen LogP contribution is 2.23. The average molecular weight is 225 g/mol. The fourth-order valence-electron chi connectivity index (χ4n) is 2.14. The molecule has 1 fully saturated rings. The van der Waals surface area contributed by atoms with E-state index >= 15 is 0 Å². The number of alkyl halides is 1. The number of aromatic amines is 1. The molecule has 0 radical (unpaired) electrons. The van der Waals surface area contributed by atoms with Crippen LogP contribution in [-0.4, -0.2) is 23.1 Å². The summed E-state index contributed by atoms with van der Waals surface area (Å²) in [5.41, 5.74) is -0.748. The van der Waals surface area contributed by atoms with Gasteiger partial charge in [0, 0.05) is 6.42 Å². The fourth-order valence-corrected chi connectivity index (χ4v) is 2.14. The van der Waals surface area contributed by atoms with Gasteiger partial charge in [0.25, 0.3) is 0 Å². The molecule has 1 atom stereocenters. The molecule has 1 aromatic heterocycles. The van der Waals surface area contributed by atoms with E-state index in [0.717, 1.165) is 25.3 Å². The number of rotatable bonds is 3. The van der Waals surface area contributed by atoms with Crippen molar-refractivity contribution >= 4 is 0 Å². The molecule has 2 rings (SSSR count). The van der Waals surface area contributed by atoms with Crippen LogP contribution >= 0.6 is 0 Å². The Bertz CT molecular complexity index is 334. The van der Waals surface area contributed by atoms with Crippen molar-refractivity contribution in [1.29, 1.82) is 0 Å². The van der Waals surface area contributed by atoms with Crippen LogP contribution in [0.1, 0.15) is 38.2 Å². The van der Waals surface area contributed by atoms with Gasteiger partial charge in [-0.15, -0.1) is 0 Å². The van der Waals surface area contributed by atoms with Crippen molar-refractivity contribution in [2.45, 2.75) is 38.8 Å². The Morgan fingerprint density at radius 2 is 2.38 bits per heavy atom.